The van der Waals surface area contributed by atoms with Crippen molar-refractivity contribution in [3.63, 3.8) is 0 Å². The maximum atomic E-state index is 15.2. The fraction of sp³-hybridized carbons (Fsp3) is 0.645. The van der Waals surface area contributed by atoms with Gasteiger partial charge in [-0.3, -0.25) is 14.5 Å². The molecular weight excluding hydrogens is 1110 g/mol. The van der Waals surface area contributed by atoms with Crippen molar-refractivity contribution in [3.05, 3.63) is 65.2 Å². The molecule has 3 nitrogen and oxygen atoms in total. The monoisotopic (exact) mass is 1190 g/mol. The molecule has 0 fully saturated rings. The molecule has 4 atom stereocenters. The maximum Gasteiger partial charge on any atom is 0.263 e. The third kappa shape index (κ3) is 11.0. The molecule has 1 aliphatic heterocycles. The molecule has 72 heavy (non-hydrogen) atoms. The summed E-state index contributed by atoms with van der Waals surface area (Å²) in [5.41, 5.74) is 7.26. The molecular formula is C62H85Br2NO2S5. The van der Waals surface area contributed by atoms with Gasteiger partial charge in [0.1, 0.15) is 0 Å². The minimum Gasteiger partial charge on any atom is -0.274 e. The zero-order valence-electron chi connectivity index (χ0n) is 45.4. The highest BCUT2D eigenvalue weighted by atomic mass is 79.9. The molecule has 0 spiro atoms. The van der Waals surface area contributed by atoms with Crippen LogP contribution < -0.4 is 0 Å². The number of hydrogen-bond acceptors (Lipinski definition) is 7. The van der Waals surface area contributed by atoms with Crippen LogP contribution in [0.15, 0.2) is 31.8 Å². The SMILES string of the molecule is CCCCCCN1C(=O)c2c(-c3cc4c(s3)-c3sc(Br)cc3C4(CC(CC)CCCC)CC(CC)CCCC)sc(-c3cc4c(s3)-c3sc(Br)cc3C4(CC(CC)CCCC)CC(CC)CCCC)c2C1=O. The molecule has 8 rings (SSSR count). The topological polar surface area (TPSA) is 37.4 Å². The normalized spacial score (nSPS) is 19.5. The van der Waals surface area contributed by atoms with Crippen molar-refractivity contribution in [1.82, 2.24) is 4.90 Å². The molecule has 0 aromatic carbocycles. The second kappa shape index (κ2) is 25.4. The van der Waals surface area contributed by atoms with Gasteiger partial charge < -0.3 is 0 Å². The number of carbonyl (C=O) groups excluding carboxylic acids is 2. The highest BCUT2D eigenvalue weighted by Crippen LogP contribution is 2.66. The Labute approximate surface area is 472 Å². The first-order valence-corrected chi connectivity index (χ1v) is 34.5. The van der Waals surface area contributed by atoms with Crippen LogP contribution in [0, 0.1) is 23.7 Å². The average Bonchev–Trinajstić information content (AvgIpc) is 4.27. The van der Waals surface area contributed by atoms with Gasteiger partial charge in [-0.2, -0.15) is 0 Å². The Kier molecular flexibility index (Phi) is 20.0. The zero-order chi connectivity index (χ0) is 51.3. The van der Waals surface area contributed by atoms with E-state index in [1.807, 2.05) is 45.3 Å². The lowest BCUT2D eigenvalue weighted by atomic mass is 9.65. The van der Waals surface area contributed by atoms with E-state index in [4.69, 9.17) is 0 Å². The van der Waals surface area contributed by atoms with Crippen LogP contribution in [0.4, 0.5) is 0 Å². The first kappa shape index (κ1) is 56.8. The summed E-state index contributed by atoms with van der Waals surface area (Å²) in [5, 5.41) is 0. The molecule has 0 N–H and O–H groups in total. The van der Waals surface area contributed by atoms with Gasteiger partial charge in [0, 0.05) is 46.6 Å². The number of fused-ring (bicyclic) bond motifs is 7. The summed E-state index contributed by atoms with van der Waals surface area (Å²) in [6.45, 7) is 21.7. The Hall–Kier alpha value is -1.40. The number of imide groups is 1. The molecule has 0 bridgehead atoms. The summed E-state index contributed by atoms with van der Waals surface area (Å²) in [6.07, 6.45) is 28.6. The largest absolute Gasteiger partial charge is 0.274 e. The van der Waals surface area contributed by atoms with Crippen LogP contribution in [0.5, 0.6) is 0 Å². The van der Waals surface area contributed by atoms with Gasteiger partial charge in [0.25, 0.3) is 11.8 Å². The Morgan fingerprint density at radius 2 is 0.750 bits per heavy atom. The van der Waals surface area contributed by atoms with Crippen LogP contribution in [0.3, 0.4) is 0 Å². The van der Waals surface area contributed by atoms with Crippen molar-refractivity contribution in [1.29, 1.82) is 0 Å². The van der Waals surface area contributed by atoms with Gasteiger partial charge in [0.2, 0.25) is 0 Å². The van der Waals surface area contributed by atoms with Crippen LogP contribution in [-0.2, 0) is 10.8 Å². The molecule has 3 aliphatic rings. The molecule has 5 aromatic rings. The number of unbranched alkanes of at least 4 members (excludes halogenated alkanes) is 7. The molecule has 10 heteroatoms. The quantitative estimate of drug-likeness (QED) is 0.0328. The fourth-order valence-electron chi connectivity index (χ4n) is 13.4. The van der Waals surface area contributed by atoms with Gasteiger partial charge in [0.15, 0.2) is 0 Å². The average molecular weight is 1200 g/mol. The third-order valence-corrected chi connectivity index (χ3v) is 25.0. The Balaban J connectivity index is 1.32. The lowest BCUT2D eigenvalue weighted by Gasteiger charge is -2.37. The summed E-state index contributed by atoms with van der Waals surface area (Å²) in [6, 6.07) is 10.1. The summed E-state index contributed by atoms with van der Waals surface area (Å²) < 4.78 is 2.43. The number of rotatable bonds is 31. The van der Waals surface area contributed by atoms with E-state index in [2.05, 4.69) is 118 Å². The van der Waals surface area contributed by atoms with E-state index in [0.29, 0.717) is 41.3 Å². The van der Waals surface area contributed by atoms with Crippen molar-refractivity contribution < 1.29 is 9.59 Å². The van der Waals surface area contributed by atoms with Crippen molar-refractivity contribution in [3.8, 4) is 39.0 Å². The predicted molar refractivity (Wildman–Crippen MR) is 326 cm³/mol. The molecule has 5 aromatic heterocycles. The summed E-state index contributed by atoms with van der Waals surface area (Å²) >= 11 is 17.4. The summed E-state index contributed by atoms with van der Waals surface area (Å²) in [7, 11) is 0. The molecule has 2 amide bonds. The van der Waals surface area contributed by atoms with Crippen molar-refractivity contribution >= 4 is 100 Å². The second-order valence-electron chi connectivity index (χ2n) is 22.3. The molecule has 0 saturated carbocycles. The molecule has 0 saturated heterocycles. The highest BCUT2D eigenvalue weighted by Gasteiger charge is 2.51. The van der Waals surface area contributed by atoms with E-state index in [1.54, 1.807) is 16.2 Å². The predicted octanol–water partition coefficient (Wildman–Crippen LogP) is 23.0. The maximum absolute atomic E-state index is 15.2. The van der Waals surface area contributed by atoms with Crippen LogP contribution in [-0.4, -0.2) is 23.3 Å². The molecule has 394 valence electrons. The van der Waals surface area contributed by atoms with Crippen LogP contribution in [0.1, 0.15) is 259 Å². The minimum atomic E-state index is -0.0787. The Bertz CT molecular complexity index is 2420. The number of thiophene rings is 5. The van der Waals surface area contributed by atoms with Gasteiger partial charge in [-0.25, -0.2) is 0 Å². The standard InChI is InChI=1S/C62H85Br2NO2S5/c1-10-19-24-25-30-65-59(66)51-52(60(65)67)58(48-32-44-54(69-48)56-46(34-50(64)71-56)62(44,37-41(17-8)28-22-13-4)38-42(18-9)29-23-14-5)72-57(51)47-31-43-53(68-47)55-45(33-49(63)70-55)61(43,35-39(15-6)26-20-11-2)36-40(16-7)27-21-12-3/h31-34,39-42H,10-30,35-38H2,1-9H3. The Morgan fingerprint density at radius 3 is 1.08 bits per heavy atom. The second-order valence-corrected chi connectivity index (χ2v) is 30.3. The van der Waals surface area contributed by atoms with Crippen molar-refractivity contribution in [2.24, 2.45) is 23.7 Å². The molecule has 6 heterocycles. The highest BCUT2D eigenvalue weighted by molar-refractivity contribution is 9.11. The first-order valence-electron chi connectivity index (χ1n) is 28.8. The summed E-state index contributed by atoms with van der Waals surface area (Å²) in [5.74, 6) is 2.41. The van der Waals surface area contributed by atoms with Gasteiger partial charge in [0.05, 0.1) is 28.5 Å². The lowest BCUT2D eigenvalue weighted by Crippen LogP contribution is -2.31. The third-order valence-electron chi connectivity index (χ3n) is 17.6. The molecule has 4 unspecified atom stereocenters. The van der Waals surface area contributed by atoms with E-state index in [0.717, 1.165) is 35.4 Å². The van der Waals surface area contributed by atoms with Gasteiger partial charge in [-0.1, -0.05) is 184 Å². The fourth-order valence-corrected chi connectivity index (χ4v) is 21.1. The van der Waals surface area contributed by atoms with Crippen LogP contribution in [0.25, 0.3) is 39.0 Å². The summed E-state index contributed by atoms with van der Waals surface area (Å²) in [4.78, 5) is 42.1. The van der Waals surface area contributed by atoms with Crippen molar-refractivity contribution in [2.75, 3.05) is 6.54 Å². The van der Waals surface area contributed by atoms with Crippen molar-refractivity contribution in [2.45, 2.75) is 227 Å². The van der Waals surface area contributed by atoms with E-state index < -0.39 is 0 Å². The van der Waals surface area contributed by atoms with Gasteiger partial charge in [-0.15, -0.1) is 56.7 Å². The lowest BCUT2D eigenvalue weighted by molar-refractivity contribution is 0.0652. The number of halogens is 2. The number of hydrogen-bond donors (Lipinski definition) is 0. The van der Waals surface area contributed by atoms with E-state index in [-0.39, 0.29) is 22.6 Å². The number of amides is 2. The van der Waals surface area contributed by atoms with Gasteiger partial charge >= 0.3 is 0 Å². The van der Waals surface area contributed by atoms with Crippen LogP contribution in [0.2, 0.25) is 0 Å². The number of nitrogens with zero attached hydrogens (tertiary/aromatic N) is 1. The van der Waals surface area contributed by atoms with E-state index >= 15 is 9.59 Å². The smallest absolute Gasteiger partial charge is 0.263 e. The zero-order valence-corrected chi connectivity index (χ0v) is 52.6. The van der Waals surface area contributed by atoms with Crippen LogP contribution >= 0.6 is 88.5 Å². The Morgan fingerprint density at radius 1 is 0.417 bits per heavy atom. The van der Waals surface area contributed by atoms with E-state index in [9.17, 15) is 0 Å². The minimum absolute atomic E-state index is 0.0778. The molecule has 2 aliphatic carbocycles. The first-order chi connectivity index (χ1) is 34.9. The van der Waals surface area contributed by atoms with Gasteiger partial charge in [-0.05, 0) is 134 Å². The van der Waals surface area contributed by atoms with E-state index in [1.165, 1.54) is 188 Å². The molecule has 0 radical (unpaired) electrons. The number of carbonyl (C=O) groups is 2.